The number of hydrogen-bond donors (Lipinski definition) is 0. The molecule has 0 N–H and O–H groups in total. The van der Waals surface area contributed by atoms with Gasteiger partial charge in [0, 0.05) is 28.7 Å². The highest BCUT2D eigenvalue weighted by Gasteiger charge is 2.13. The van der Waals surface area contributed by atoms with Crippen LogP contribution in [0.25, 0.3) is 32.8 Å². The van der Waals surface area contributed by atoms with Crippen LogP contribution in [-0.2, 0) is 6.54 Å². The number of nitrogens with zero attached hydrogens (tertiary/aromatic N) is 3. The topological polar surface area (TPSA) is 57.0 Å². The second kappa shape index (κ2) is 7.44. The number of ether oxygens (including phenoxy) is 1. The third-order valence-corrected chi connectivity index (χ3v) is 5.36. The van der Waals surface area contributed by atoms with Gasteiger partial charge in [-0.2, -0.15) is 5.10 Å². The summed E-state index contributed by atoms with van der Waals surface area (Å²) in [4.78, 5) is 16.1. The van der Waals surface area contributed by atoms with E-state index in [4.69, 9.17) is 4.74 Å². The average molecular weight is 393 g/mol. The number of pyridine rings is 1. The maximum atomic E-state index is 11.7. The van der Waals surface area contributed by atoms with Crippen molar-refractivity contribution in [2.45, 2.75) is 6.54 Å². The molecule has 0 radical (unpaired) electrons. The molecule has 0 spiro atoms. The van der Waals surface area contributed by atoms with E-state index in [2.05, 4.69) is 22.2 Å². The van der Waals surface area contributed by atoms with Gasteiger partial charge in [0.25, 0.3) is 0 Å². The Morgan fingerprint density at radius 2 is 1.80 bits per heavy atom. The average Bonchev–Trinajstić information content (AvgIpc) is 3.16. The first-order chi connectivity index (χ1) is 14.8. The summed E-state index contributed by atoms with van der Waals surface area (Å²) >= 11 is 0. The minimum atomic E-state index is 0.438. The van der Waals surface area contributed by atoms with E-state index >= 15 is 0 Å². The van der Waals surface area contributed by atoms with E-state index in [1.165, 1.54) is 0 Å². The van der Waals surface area contributed by atoms with E-state index in [-0.39, 0.29) is 0 Å². The standard InChI is InChI=1S/C25H19N3O2/c1-30-20-9-6-17(7-10-20)15-28-25-11-8-18(12-22(25)24(16-29)27-28)23-14-26-13-19-4-2-3-5-21(19)23/h2-14,16H,15H2,1H3. The number of hydrogen-bond acceptors (Lipinski definition) is 4. The number of aldehydes is 1. The summed E-state index contributed by atoms with van der Waals surface area (Å²) in [5.74, 6) is 0.811. The minimum absolute atomic E-state index is 0.438. The van der Waals surface area contributed by atoms with E-state index in [0.29, 0.717) is 12.2 Å². The Balaban J connectivity index is 1.60. The maximum absolute atomic E-state index is 11.7. The molecule has 0 bridgehead atoms. The monoisotopic (exact) mass is 393 g/mol. The molecule has 0 unspecified atom stereocenters. The van der Waals surface area contributed by atoms with Gasteiger partial charge < -0.3 is 4.74 Å². The Kier molecular flexibility index (Phi) is 4.48. The number of rotatable bonds is 5. The van der Waals surface area contributed by atoms with E-state index in [1.807, 2.05) is 71.7 Å². The summed E-state index contributed by atoms with van der Waals surface area (Å²) in [6.45, 7) is 0.573. The van der Waals surface area contributed by atoms with Crippen molar-refractivity contribution in [1.29, 1.82) is 0 Å². The Morgan fingerprint density at radius 1 is 0.967 bits per heavy atom. The van der Waals surface area contributed by atoms with Crippen LogP contribution in [0.3, 0.4) is 0 Å². The molecule has 2 aromatic heterocycles. The normalized spacial score (nSPS) is 11.1. The number of carbonyl (C=O) groups is 1. The minimum Gasteiger partial charge on any atom is -0.497 e. The zero-order valence-electron chi connectivity index (χ0n) is 16.4. The number of methoxy groups -OCH3 is 1. The van der Waals surface area contributed by atoms with E-state index in [0.717, 1.165) is 50.4 Å². The quantitative estimate of drug-likeness (QED) is 0.389. The van der Waals surface area contributed by atoms with Gasteiger partial charge in [-0.15, -0.1) is 0 Å². The highest BCUT2D eigenvalue weighted by molar-refractivity contribution is 6.01. The summed E-state index contributed by atoms with van der Waals surface area (Å²) in [5.41, 5.74) is 4.49. The Bertz CT molecular complexity index is 1370. The first-order valence-corrected chi connectivity index (χ1v) is 9.68. The molecule has 5 heteroatoms. The lowest BCUT2D eigenvalue weighted by molar-refractivity contribution is 0.111. The van der Waals surface area contributed by atoms with E-state index in [9.17, 15) is 4.79 Å². The lowest BCUT2D eigenvalue weighted by atomic mass is 9.99. The molecule has 0 aliphatic heterocycles. The van der Waals surface area contributed by atoms with Crippen LogP contribution in [-0.4, -0.2) is 28.2 Å². The van der Waals surface area contributed by atoms with Crippen molar-refractivity contribution in [3.8, 4) is 16.9 Å². The summed E-state index contributed by atoms with van der Waals surface area (Å²) in [7, 11) is 1.65. The van der Waals surface area contributed by atoms with Crippen molar-refractivity contribution in [3.63, 3.8) is 0 Å². The van der Waals surface area contributed by atoms with Gasteiger partial charge in [-0.25, -0.2) is 0 Å². The van der Waals surface area contributed by atoms with Crippen molar-refractivity contribution in [2.24, 2.45) is 0 Å². The van der Waals surface area contributed by atoms with Crippen LogP contribution in [0, 0.1) is 0 Å². The van der Waals surface area contributed by atoms with Gasteiger partial charge in [0.05, 0.1) is 19.2 Å². The molecule has 2 heterocycles. The SMILES string of the molecule is COc1ccc(Cn2nc(C=O)c3cc(-c4cncc5ccccc45)ccc32)cc1. The number of benzene rings is 3. The second-order valence-electron chi connectivity index (χ2n) is 7.15. The van der Waals surface area contributed by atoms with Crippen molar-refractivity contribution in [3.05, 3.63) is 90.4 Å². The zero-order chi connectivity index (χ0) is 20.5. The van der Waals surface area contributed by atoms with Crippen LogP contribution in [0.4, 0.5) is 0 Å². The van der Waals surface area contributed by atoms with Gasteiger partial charge in [-0.1, -0.05) is 42.5 Å². The molecule has 0 aliphatic rings. The fraction of sp³-hybridized carbons (Fsp3) is 0.0800. The number of aromatic nitrogens is 3. The van der Waals surface area contributed by atoms with Crippen LogP contribution >= 0.6 is 0 Å². The highest BCUT2D eigenvalue weighted by atomic mass is 16.5. The van der Waals surface area contributed by atoms with E-state index in [1.54, 1.807) is 7.11 Å². The third kappa shape index (κ3) is 3.10. The predicted molar refractivity (Wildman–Crippen MR) is 118 cm³/mol. The lowest BCUT2D eigenvalue weighted by Gasteiger charge is -2.08. The zero-order valence-corrected chi connectivity index (χ0v) is 16.4. The fourth-order valence-corrected chi connectivity index (χ4v) is 3.83. The Hall–Kier alpha value is -3.99. The summed E-state index contributed by atoms with van der Waals surface area (Å²) in [5, 5.41) is 7.60. The summed E-state index contributed by atoms with van der Waals surface area (Å²) < 4.78 is 7.09. The van der Waals surface area contributed by atoms with Gasteiger partial charge >= 0.3 is 0 Å². The molecule has 0 saturated carbocycles. The first kappa shape index (κ1) is 18.1. The van der Waals surface area contributed by atoms with Crippen LogP contribution in [0.2, 0.25) is 0 Å². The highest BCUT2D eigenvalue weighted by Crippen LogP contribution is 2.31. The summed E-state index contributed by atoms with van der Waals surface area (Å²) in [6, 6.07) is 22.1. The van der Waals surface area contributed by atoms with Crippen LogP contribution in [0.15, 0.2) is 79.1 Å². The molecule has 146 valence electrons. The Morgan fingerprint density at radius 3 is 2.60 bits per heavy atom. The van der Waals surface area contributed by atoms with Crippen molar-refractivity contribution >= 4 is 28.0 Å². The molecule has 0 fully saturated rings. The molecule has 30 heavy (non-hydrogen) atoms. The molecule has 0 atom stereocenters. The van der Waals surface area contributed by atoms with Crippen LogP contribution in [0.5, 0.6) is 5.75 Å². The smallest absolute Gasteiger partial charge is 0.170 e. The third-order valence-electron chi connectivity index (χ3n) is 5.36. The molecule has 3 aromatic carbocycles. The van der Waals surface area contributed by atoms with Gasteiger partial charge in [0.15, 0.2) is 6.29 Å². The van der Waals surface area contributed by atoms with Crippen molar-refractivity contribution in [1.82, 2.24) is 14.8 Å². The van der Waals surface area contributed by atoms with Crippen LogP contribution < -0.4 is 4.74 Å². The van der Waals surface area contributed by atoms with Crippen LogP contribution in [0.1, 0.15) is 16.1 Å². The first-order valence-electron chi connectivity index (χ1n) is 9.68. The van der Waals surface area contributed by atoms with Gasteiger partial charge in [0.2, 0.25) is 0 Å². The summed E-state index contributed by atoms with van der Waals surface area (Å²) in [6.07, 6.45) is 4.55. The molecule has 0 aliphatic carbocycles. The molecule has 5 rings (SSSR count). The molecule has 0 amide bonds. The molecular formula is C25H19N3O2. The van der Waals surface area contributed by atoms with Gasteiger partial charge in [-0.3, -0.25) is 14.5 Å². The van der Waals surface area contributed by atoms with Crippen molar-refractivity contribution < 1.29 is 9.53 Å². The number of carbonyl (C=O) groups excluding carboxylic acids is 1. The molecule has 0 saturated heterocycles. The van der Waals surface area contributed by atoms with E-state index < -0.39 is 0 Å². The molecular weight excluding hydrogens is 374 g/mol. The maximum Gasteiger partial charge on any atom is 0.170 e. The van der Waals surface area contributed by atoms with Gasteiger partial charge in [0.1, 0.15) is 11.4 Å². The largest absolute Gasteiger partial charge is 0.497 e. The Labute approximate surface area is 173 Å². The predicted octanol–water partition coefficient (Wildman–Crippen LogP) is 5.12. The number of fused-ring (bicyclic) bond motifs is 2. The second-order valence-corrected chi connectivity index (χ2v) is 7.15. The molecule has 5 aromatic rings. The van der Waals surface area contributed by atoms with Crippen molar-refractivity contribution in [2.75, 3.05) is 7.11 Å². The van der Waals surface area contributed by atoms with Gasteiger partial charge in [-0.05, 0) is 40.8 Å². The molecule has 5 nitrogen and oxygen atoms in total. The fourth-order valence-electron chi connectivity index (χ4n) is 3.83. The lowest BCUT2D eigenvalue weighted by Crippen LogP contribution is -2.02.